The Bertz CT molecular complexity index is 739. The number of amides is 2. The molecule has 1 N–H and O–H groups in total. The Kier molecular flexibility index (Phi) is 6.58. The number of nitrogens with zero attached hydrogens (tertiary/aromatic N) is 2. The topological polar surface area (TPSA) is 44.8 Å². The van der Waals surface area contributed by atoms with Crippen LogP contribution in [0.4, 0.5) is 10.5 Å². The summed E-state index contributed by atoms with van der Waals surface area (Å²) in [7, 11) is 0. The van der Waals surface area contributed by atoms with Crippen LogP contribution >= 0.6 is 11.6 Å². The third-order valence-corrected chi connectivity index (χ3v) is 5.01. The van der Waals surface area contributed by atoms with Crippen molar-refractivity contribution in [1.82, 2.24) is 9.80 Å². The first-order valence-corrected chi connectivity index (χ1v) is 9.66. The maximum absolute atomic E-state index is 12.4. The number of carbonyl (C=O) groups excluding carboxylic acids is 1. The number of hydrogen-bond acceptors (Lipinski definition) is 3. The highest BCUT2D eigenvalue weighted by Crippen LogP contribution is 2.18. The molecule has 0 unspecified atom stereocenters. The highest BCUT2D eigenvalue weighted by molar-refractivity contribution is 6.30. The number of nitrogens with one attached hydrogen (secondary N) is 1. The van der Waals surface area contributed by atoms with Crippen LogP contribution in [0, 0.1) is 0 Å². The molecule has 0 atom stereocenters. The lowest BCUT2D eigenvalue weighted by molar-refractivity contribution is 0.125. The van der Waals surface area contributed by atoms with Crippen molar-refractivity contribution in [2.75, 3.05) is 31.5 Å². The van der Waals surface area contributed by atoms with E-state index < -0.39 is 0 Å². The third kappa shape index (κ3) is 5.62. The van der Waals surface area contributed by atoms with Crippen molar-refractivity contribution in [2.24, 2.45) is 0 Å². The lowest BCUT2D eigenvalue weighted by Gasteiger charge is -2.36. The molecule has 3 rings (SSSR count). The number of rotatable bonds is 5. The molecule has 0 bridgehead atoms. The molecule has 5 nitrogen and oxygen atoms in total. The Morgan fingerprint density at radius 2 is 1.67 bits per heavy atom. The quantitative estimate of drug-likeness (QED) is 0.822. The Morgan fingerprint density at radius 1 is 1.04 bits per heavy atom. The molecule has 0 aliphatic carbocycles. The number of urea groups is 1. The van der Waals surface area contributed by atoms with E-state index in [0.29, 0.717) is 17.7 Å². The number of ether oxygens (including phenoxy) is 1. The highest BCUT2D eigenvalue weighted by atomic mass is 35.5. The standard InChI is InChI=1S/C21H26ClN3O2/c1-16(2)24-11-13-25(14-12-24)21(26)23-19-7-9-20(10-8-19)27-15-17-3-5-18(22)6-4-17/h3-10,16H,11-15H2,1-2H3,(H,23,26). The summed E-state index contributed by atoms with van der Waals surface area (Å²) in [6, 6.07) is 15.5. The zero-order chi connectivity index (χ0) is 19.2. The minimum Gasteiger partial charge on any atom is -0.489 e. The summed E-state index contributed by atoms with van der Waals surface area (Å²) in [6.45, 7) is 8.20. The van der Waals surface area contributed by atoms with E-state index in [1.807, 2.05) is 53.4 Å². The zero-order valence-electron chi connectivity index (χ0n) is 15.8. The van der Waals surface area contributed by atoms with Gasteiger partial charge < -0.3 is 15.0 Å². The van der Waals surface area contributed by atoms with Crippen LogP contribution in [-0.2, 0) is 6.61 Å². The minimum atomic E-state index is -0.0479. The largest absolute Gasteiger partial charge is 0.489 e. The van der Waals surface area contributed by atoms with Crippen molar-refractivity contribution in [3.05, 3.63) is 59.1 Å². The maximum Gasteiger partial charge on any atom is 0.321 e. The predicted molar refractivity (Wildman–Crippen MR) is 110 cm³/mol. The Balaban J connectivity index is 1.47. The lowest BCUT2D eigenvalue weighted by atomic mass is 10.2. The van der Waals surface area contributed by atoms with E-state index in [4.69, 9.17) is 16.3 Å². The van der Waals surface area contributed by atoms with Crippen molar-refractivity contribution >= 4 is 23.3 Å². The van der Waals surface area contributed by atoms with Gasteiger partial charge in [0, 0.05) is 42.9 Å². The second-order valence-corrected chi connectivity index (χ2v) is 7.42. The number of hydrogen-bond donors (Lipinski definition) is 1. The third-order valence-electron chi connectivity index (χ3n) is 4.76. The molecule has 2 aromatic carbocycles. The average Bonchev–Trinajstić information content (AvgIpc) is 2.68. The molecule has 1 fully saturated rings. The molecular formula is C21H26ClN3O2. The summed E-state index contributed by atoms with van der Waals surface area (Å²) in [5.74, 6) is 0.758. The van der Waals surface area contributed by atoms with E-state index in [2.05, 4.69) is 24.1 Å². The summed E-state index contributed by atoms with van der Waals surface area (Å²) in [5.41, 5.74) is 1.82. The number of benzene rings is 2. The van der Waals surface area contributed by atoms with E-state index in [-0.39, 0.29) is 6.03 Å². The molecular weight excluding hydrogens is 362 g/mol. The monoisotopic (exact) mass is 387 g/mol. The highest BCUT2D eigenvalue weighted by Gasteiger charge is 2.22. The molecule has 1 heterocycles. The van der Waals surface area contributed by atoms with Gasteiger partial charge in [-0.1, -0.05) is 23.7 Å². The molecule has 1 saturated heterocycles. The van der Waals surface area contributed by atoms with Crippen LogP contribution in [0.2, 0.25) is 5.02 Å². The van der Waals surface area contributed by atoms with Gasteiger partial charge >= 0.3 is 6.03 Å². The van der Waals surface area contributed by atoms with E-state index in [9.17, 15) is 4.79 Å². The number of piperazine rings is 1. The number of anilines is 1. The van der Waals surface area contributed by atoms with Gasteiger partial charge in [-0.3, -0.25) is 4.90 Å². The number of carbonyl (C=O) groups is 1. The van der Waals surface area contributed by atoms with Gasteiger partial charge in [-0.25, -0.2) is 4.79 Å². The van der Waals surface area contributed by atoms with Crippen LogP contribution in [0.1, 0.15) is 19.4 Å². The van der Waals surface area contributed by atoms with Gasteiger partial charge in [0.2, 0.25) is 0 Å². The van der Waals surface area contributed by atoms with E-state index >= 15 is 0 Å². The van der Waals surface area contributed by atoms with Crippen molar-refractivity contribution in [3.63, 3.8) is 0 Å². The maximum atomic E-state index is 12.4. The van der Waals surface area contributed by atoms with Gasteiger partial charge in [0.25, 0.3) is 0 Å². The van der Waals surface area contributed by atoms with Crippen LogP contribution in [0.3, 0.4) is 0 Å². The molecule has 2 aromatic rings. The van der Waals surface area contributed by atoms with E-state index in [0.717, 1.165) is 43.2 Å². The summed E-state index contributed by atoms with van der Waals surface area (Å²) < 4.78 is 5.77. The molecule has 0 saturated carbocycles. The Hall–Kier alpha value is -2.24. The summed E-state index contributed by atoms with van der Waals surface area (Å²) >= 11 is 5.88. The summed E-state index contributed by atoms with van der Waals surface area (Å²) in [6.07, 6.45) is 0. The van der Waals surface area contributed by atoms with Crippen molar-refractivity contribution < 1.29 is 9.53 Å². The summed E-state index contributed by atoms with van der Waals surface area (Å²) in [5, 5.41) is 3.67. The van der Waals surface area contributed by atoms with Crippen LogP contribution in [-0.4, -0.2) is 48.1 Å². The molecule has 0 spiro atoms. The fourth-order valence-electron chi connectivity index (χ4n) is 3.03. The first kappa shape index (κ1) is 19.5. The van der Waals surface area contributed by atoms with Crippen molar-refractivity contribution in [3.8, 4) is 5.75 Å². The van der Waals surface area contributed by atoms with Gasteiger partial charge in [0.05, 0.1) is 0 Å². The van der Waals surface area contributed by atoms with Crippen LogP contribution < -0.4 is 10.1 Å². The first-order chi connectivity index (χ1) is 13.0. The second-order valence-electron chi connectivity index (χ2n) is 6.99. The lowest BCUT2D eigenvalue weighted by Crippen LogP contribution is -2.51. The van der Waals surface area contributed by atoms with Crippen molar-refractivity contribution in [2.45, 2.75) is 26.5 Å². The molecule has 2 amide bonds. The summed E-state index contributed by atoms with van der Waals surface area (Å²) in [4.78, 5) is 16.7. The second kappa shape index (κ2) is 9.11. The van der Waals surface area contributed by atoms with Gasteiger partial charge in [-0.05, 0) is 55.8 Å². The van der Waals surface area contributed by atoms with Crippen LogP contribution in [0.15, 0.2) is 48.5 Å². The molecule has 6 heteroatoms. The first-order valence-electron chi connectivity index (χ1n) is 9.28. The zero-order valence-corrected chi connectivity index (χ0v) is 16.6. The smallest absolute Gasteiger partial charge is 0.321 e. The minimum absolute atomic E-state index is 0.0479. The molecule has 1 aliphatic heterocycles. The van der Waals surface area contributed by atoms with E-state index in [1.165, 1.54) is 0 Å². The van der Waals surface area contributed by atoms with Gasteiger partial charge in [0.1, 0.15) is 12.4 Å². The number of halogens is 1. The molecule has 27 heavy (non-hydrogen) atoms. The van der Waals surface area contributed by atoms with Gasteiger partial charge in [0.15, 0.2) is 0 Å². The Labute approximate surface area is 165 Å². The molecule has 144 valence electrons. The van der Waals surface area contributed by atoms with E-state index in [1.54, 1.807) is 0 Å². The molecule has 0 aromatic heterocycles. The normalized spacial score (nSPS) is 15.0. The van der Waals surface area contributed by atoms with Crippen LogP contribution in [0.25, 0.3) is 0 Å². The Morgan fingerprint density at radius 3 is 2.26 bits per heavy atom. The van der Waals surface area contributed by atoms with Crippen molar-refractivity contribution in [1.29, 1.82) is 0 Å². The fourth-order valence-corrected chi connectivity index (χ4v) is 3.15. The fraction of sp³-hybridized carbons (Fsp3) is 0.381. The molecule has 1 aliphatic rings. The molecule has 0 radical (unpaired) electrons. The predicted octanol–water partition coefficient (Wildman–Crippen LogP) is 4.48. The van der Waals surface area contributed by atoms with Crippen LogP contribution in [0.5, 0.6) is 5.75 Å². The van der Waals surface area contributed by atoms with Gasteiger partial charge in [-0.2, -0.15) is 0 Å². The average molecular weight is 388 g/mol. The SMILES string of the molecule is CC(C)N1CCN(C(=O)Nc2ccc(OCc3ccc(Cl)cc3)cc2)CC1. The van der Waals surface area contributed by atoms with Gasteiger partial charge in [-0.15, -0.1) is 0 Å².